The number of hydrogen-bond donors (Lipinski definition) is 0. The van der Waals surface area contributed by atoms with Crippen LogP contribution in [0.1, 0.15) is 17.3 Å². The normalized spacial score (nSPS) is 10.1. The largest absolute Gasteiger partial charge is 0.426 e. The SMILES string of the molecule is CC(=O)Oc1cc2ccccc2cc1C=O. The van der Waals surface area contributed by atoms with Crippen LogP contribution in [-0.4, -0.2) is 12.3 Å². The number of carbonyl (C=O) groups excluding carboxylic acids is 2. The van der Waals surface area contributed by atoms with E-state index in [1.54, 1.807) is 12.1 Å². The average molecular weight is 214 g/mol. The summed E-state index contributed by atoms with van der Waals surface area (Å²) in [6.45, 7) is 1.31. The molecular formula is C13H10O3. The second kappa shape index (κ2) is 4.14. The Hall–Kier alpha value is -2.16. The Morgan fingerprint density at radius 3 is 2.38 bits per heavy atom. The lowest BCUT2D eigenvalue weighted by molar-refractivity contribution is -0.131. The zero-order chi connectivity index (χ0) is 11.5. The molecule has 0 aliphatic heterocycles. The summed E-state index contributed by atoms with van der Waals surface area (Å²) in [5, 5.41) is 1.88. The molecule has 0 aliphatic rings. The summed E-state index contributed by atoms with van der Waals surface area (Å²) >= 11 is 0. The maximum absolute atomic E-state index is 10.9. The quantitative estimate of drug-likeness (QED) is 0.438. The van der Waals surface area contributed by atoms with Crippen LogP contribution >= 0.6 is 0 Å². The number of carbonyl (C=O) groups is 2. The van der Waals surface area contributed by atoms with Crippen molar-refractivity contribution in [2.45, 2.75) is 6.92 Å². The number of esters is 1. The first-order chi connectivity index (χ1) is 7.70. The van der Waals surface area contributed by atoms with E-state index in [0.29, 0.717) is 17.6 Å². The van der Waals surface area contributed by atoms with Crippen LogP contribution in [0.5, 0.6) is 5.75 Å². The Morgan fingerprint density at radius 2 is 1.81 bits per heavy atom. The molecule has 2 rings (SSSR count). The fraction of sp³-hybridized carbons (Fsp3) is 0.0769. The minimum absolute atomic E-state index is 0.307. The molecule has 0 saturated carbocycles. The number of rotatable bonds is 2. The first-order valence-corrected chi connectivity index (χ1v) is 4.87. The number of benzene rings is 2. The van der Waals surface area contributed by atoms with Crippen molar-refractivity contribution in [3.63, 3.8) is 0 Å². The van der Waals surface area contributed by atoms with Gasteiger partial charge in [-0.3, -0.25) is 9.59 Å². The van der Waals surface area contributed by atoms with Gasteiger partial charge >= 0.3 is 5.97 Å². The standard InChI is InChI=1S/C13H10O3/c1-9(15)16-13-7-11-5-3-2-4-10(11)6-12(13)8-14/h2-8H,1H3. The van der Waals surface area contributed by atoms with E-state index in [-0.39, 0.29) is 0 Å². The maximum Gasteiger partial charge on any atom is 0.308 e. The number of fused-ring (bicyclic) bond motifs is 1. The molecule has 80 valence electrons. The predicted octanol–water partition coefficient (Wildman–Crippen LogP) is 2.58. The van der Waals surface area contributed by atoms with E-state index >= 15 is 0 Å². The van der Waals surface area contributed by atoms with Crippen molar-refractivity contribution in [2.75, 3.05) is 0 Å². The monoisotopic (exact) mass is 214 g/mol. The minimum atomic E-state index is -0.432. The van der Waals surface area contributed by atoms with Crippen LogP contribution in [-0.2, 0) is 4.79 Å². The molecule has 0 bridgehead atoms. The van der Waals surface area contributed by atoms with E-state index in [2.05, 4.69) is 0 Å². The van der Waals surface area contributed by atoms with Crippen molar-refractivity contribution in [3.05, 3.63) is 42.0 Å². The van der Waals surface area contributed by atoms with Gasteiger partial charge in [0.1, 0.15) is 5.75 Å². The van der Waals surface area contributed by atoms with Gasteiger partial charge in [0.15, 0.2) is 6.29 Å². The first kappa shape index (κ1) is 10.4. The van der Waals surface area contributed by atoms with E-state index in [4.69, 9.17) is 4.74 Å². The molecule has 0 atom stereocenters. The zero-order valence-corrected chi connectivity index (χ0v) is 8.77. The highest BCUT2D eigenvalue weighted by molar-refractivity contribution is 5.93. The molecule has 0 aliphatic carbocycles. The lowest BCUT2D eigenvalue weighted by Gasteiger charge is -2.06. The summed E-state index contributed by atoms with van der Waals surface area (Å²) in [5.74, 6) is -0.125. The Labute approximate surface area is 92.6 Å². The molecule has 16 heavy (non-hydrogen) atoms. The van der Waals surface area contributed by atoms with Gasteiger partial charge in [-0.1, -0.05) is 24.3 Å². The lowest BCUT2D eigenvalue weighted by atomic mass is 10.1. The summed E-state index contributed by atoms with van der Waals surface area (Å²) < 4.78 is 4.97. The molecule has 3 heteroatoms. The molecule has 3 nitrogen and oxygen atoms in total. The van der Waals surface area contributed by atoms with E-state index in [9.17, 15) is 9.59 Å². The molecule has 0 fully saturated rings. The van der Waals surface area contributed by atoms with E-state index in [1.165, 1.54) is 6.92 Å². The Balaban J connectivity index is 2.62. The van der Waals surface area contributed by atoms with Gasteiger partial charge in [-0.05, 0) is 22.9 Å². The minimum Gasteiger partial charge on any atom is -0.426 e. The van der Waals surface area contributed by atoms with Crippen molar-refractivity contribution in [1.29, 1.82) is 0 Å². The Bertz CT molecular complexity index is 558. The predicted molar refractivity (Wildman–Crippen MR) is 60.6 cm³/mol. The van der Waals surface area contributed by atoms with Crippen LogP contribution in [0.15, 0.2) is 36.4 Å². The van der Waals surface area contributed by atoms with Crippen molar-refractivity contribution < 1.29 is 14.3 Å². The number of ether oxygens (including phenoxy) is 1. The topological polar surface area (TPSA) is 43.4 Å². The lowest BCUT2D eigenvalue weighted by Crippen LogP contribution is -2.03. The molecule has 0 radical (unpaired) electrons. The third kappa shape index (κ3) is 1.93. The smallest absolute Gasteiger partial charge is 0.308 e. The third-order valence-corrected chi connectivity index (χ3v) is 2.26. The second-order valence-electron chi connectivity index (χ2n) is 3.45. The maximum atomic E-state index is 10.9. The van der Waals surface area contributed by atoms with Crippen molar-refractivity contribution >= 4 is 23.0 Å². The van der Waals surface area contributed by atoms with E-state index in [0.717, 1.165) is 10.8 Å². The van der Waals surface area contributed by atoms with Crippen molar-refractivity contribution in [2.24, 2.45) is 0 Å². The number of aldehydes is 1. The molecule has 0 heterocycles. The Kier molecular flexibility index (Phi) is 2.68. The highest BCUT2D eigenvalue weighted by Crippen LogP contribution is 2.24. The molecule has 0 amide bonds. The molecule has 0 N–H and O–H groups in total. The van der Waals surface area contributed by atoms with Gasteiger partial charge in [0.2, 0.25) is 0 Å². The van der Waals surface area contributed by atoms with Crippen LogP contribution in [0.2, 0.25) is 0 Å². The average Bonchev–Trinajstić information content (AvgIpc) is 2.27. The van der Waals surface area contributed by atoms with Crippen LogP contribution < -0.4 is 4.74 Å². The van der Waals surface area contributed by atoms with Gasteiger partial charge < -0.3 is 4.74 Å². The summed E-state index contributed by atoms with van der Waals surface area (Å²) in [7, 11) is 0. The summed E-state index contributed by atoms with van der Waals surface area (Å²) in [6.07, 6.45) is 0.685. The summed E-state index contributed by atoms with van der Waals surface area (Å²) in [5.41, 5.74) is 0.383. The molecule has 0 aromatic heterocycles. The summed E-state index contributed by atoms with van der Waals surface area (Å²) in [6, 6.07) is 11.0. The fourth-order valence-electron chi connectivity index (χ4n) is 1.57. The highest BCUT2D eigenvalue weighted by atomic mass is 16.5. The van der Waals surface area contributed by atoms with Gasteiger partial charge in [-0.2, -0.15) is 0 Å². The van der Waals surface area contributed by atoms with Crippen LogP contribution in [0.4, 0.5) is 0 Å². The fourth-order valence-corrected chi connectivity index (χ4v) is 1.57. The summed E-state index contributed by atoms with van der Waals surface area (Å²) in [4.78, 5) is 21.7. The van der Waals surface area contributed by atoms with Crippen molar-refractivity contribution in [3.8, 4) is 5.75 Å². The second-order valence-corrected chi connectivity index (χ2v) is 3.45. The van der Waals surface area contributed by atoms with Gasteiger partial charge in [0.05, 0.1) is 5.56 Å². The molecule has 2 aromatic carbocycles. The first-order valence-electron chi connectivity index (χ1n) is 4.87. The van der Waals surface area contributed by atoms with Crippen LogP contribution in [0.3, 0.4) is 0 Å². The van der Waals surface area contributed by atoms with Gasteiger partial charge in [0.25, 0.3) is 0 Å². The third-order valence-electron chi connectivity index (χ3n) is 2.26. The molecule has 0 spiro atoms. The highest BCUT2D eigenvalue weighted by Gasteiger charge is 2.07. The molecule has 2 aromatic rings. The van der Waals surface area contributed by atoms with E-state index in [1.807, 2.05) is 24.3 Å². The van der Waals surface area contributed by atoms with Crippen LogP contribution in [0.25, 0.3) is 10.8 Å². The van der Waals surface area contributed by atoms with E-state index < -0.39 is 5.97 Å². The molecule has 0 saturated heterocycles. The number of hydrogen-bond acceptors (Lipinski definition) is 3. The zero-order valence-electron chi connectivity index (χ0n) is 8.77. The molecule has 0 unspecified atom stereocenters. The molecular weight excluding hydrogens is 204 g/mol. The van der Waals surface area contributed by atoms with Gasteiger partial charge in [-0.15, -0.1) is 0 Å². The van der Waals surface area contributed by atoms with Gasteiger partial charge in [0, 0.05) is 6.92 Å². The Morgan fingerprint density at radius 1 is 1.19 bits per heavy atom. The van der Waals surface area contributed by atoms with Crippen molar-refractivity contribution in [1.82, 2.24) is 0 Å². The van der Waals surface area contributed by atoms with Gasteiger partial charge in [-0.25, -0.2) is 0 Å². The van der Waals surface area contributed by atoms with Crippen LogP contribution in [0, 0.1) is 0 Å².